The first kappa shape index (κ1) is 15.7. The molecule has 1 aromatic carbocycles. The Kier molecular flexibility index (Phi) is 5.28. The lowest BCUT2D eigenvalue weighted by Crippen LogP contribution is -2.14. The summed E-state index contributed by atoms with van der Waals surface area (Å²) in [5.41, 5.74) is 1.84. The van der Waals surface area contributed by atoms with Crippen molar-refractivity contribution in [3.8, 4) is 6.07 Å². The Hall–Kier alpha value is -2.65. The maximum absolute atomic E-state index is 12.1. The number of nitrogens with one attached hydrogen (secondary N) is 2. The van der Waals surface area contributed by atoms with Gasteiger partial charge in [-0.05, 0) is 23.6 Å². The number of hydrogen-bond acceptors (Lipinski definition) is 5. The topological polar surface area (TPSA) is 77.8 Å². The third-order valence-corrected chi connectivity index (χ3v) is 3.68. The Bertz CT molecular complexity index is 697. The van der Waals surface area contributed by atoms with Crippen molar-refractivity contribution in [1.82, 2.24) is 4.98 Å². The minimum Gasteiger partial charge on any atom is -0.337 e. The van der Waals surface area contributed by atoms with Crippen LogP contribution in [0.15, 0.2) is 47.6 Å². The SMILES string of the molecule is CC(C)c1ccc(NC(=O)/C(C#N)=C\Nc2nccs2)cc1. The molecule has 22 heavy (non-hydrogen) atoms. The normalized spacial score (nSPS) is 11.1. The van der Waals surface area contributed by atoms with E-state index in [9.17, 15) is 4.79 Å². The maximum Gasteiger partial charge on any atom is 0.267 e. The molecule has 1 heterocycles. The molecule has 6 heteroatoms. The first-order valence-corrected chi connectivity index (χ1v) is 7.65. The molecule has 0 saturated carbocycles. The summed E-state index contributed by atoms with van der Waals surface area (Å²) in [7, 11) is 0. The Morgan fingerprint density at radius 3 is 2.64 bits per heavy atom. The summed E-state index contributed by atoms with van der Waals surface area (Å²) in [6.07, 6.45) is 3.00. The molecule has 0 aliphatic rings. The monoisotopic (exact) mass is 312 g/mol. The summed E-state index contributed by atoms with van der Waals surface area (Å²) in [4.78, 5) is 16.1. The number of benzene rings is 1. The molecule has 2 N–H and O–H groups in total. The minimum absolute atomic E-state index is 0.0110. The van der Waals surface area contributed by atoms with Gasteiger partial charge in [0.2, 0.25) is 0 Å². The zero-order valence-electron chi connectivity index (χ0n) is 12.3. The highest BCUT2D eigenvalue weighted by Gasteiger charge is 2.09. The van der Waals surface area contributed by atoms with Gasteiger partial charge in [-0.15, -0.1) is 11.3 Å². The number of amides is 1. The van der Waals surface area contributed by atoms with E-state index in [4.69, 9.17) is 5.26 Å². The molecule has 0 unspecified atom stereocenters. The van der Waals surface area contributed by atoms with Gasteiger partial charge in [0.1, 0.15) is 11.6 Å². The summed E-state index contributed by atoms with van der Waals surface area (Å²) in [6, 6.07) is 9.46. The first-order chi connectivity index (χ1) is 10.6. The third kappa shape index (κ3) is 4.17. The smallest absolute Gasteiger partial charge is 0.267 e. The molecule has 2 aromatic rings. The van der Waals surface area contributed by atoms with Gasteiger partial charge < -0.3 is 10.6 Å². The van der Waals surface area contributed by atoms with Crippen molar-refractivity contribution in [2.24, 2.45) is 0 Å². The third-order valence-electron chi connectivity index (χ3n) is 2.97. The molecular formula is C16H16N4OS. The number of carbonyl (C=O) groups is 1. The van der Waals surface area contributed by atoms with Gasteiger partial charge >= 0.3 is 0 Å². The first-order valence-electron chi connectivity index (χ1n) is 6.77. The number of nitriles is 1. The maximum atomic E-state index is 12.1. The van der Waals surface area contributed by atoms with Gasteiger partial charge in [0, 0.05) is 23.5 Å². The summed E-state index contributed by atoms with van der Waals surface area (Å²) in [5.74, 6) is -0.0225. The molecule has 1 aromatic heterocycles. The van der Waals surface area contributed by atoms with Crippen LogP contribution in [0.25, 0.3) is 0 Å². The summed E-state index contributed by atoms with van der Waals surface area (Å²) >= 11 is 1.39. The Balaban J connectivity index is 2.03. The number of anilines is 2. The highest BCUT2D eigenvalue weighted by atomic mass is 32.1. The number of hydrogen-bond donors (Lipinski definition) is 2. The van der Waals surface area contributed by atoms with E-state index in [1.165, 1.54) is 23.1 Å². The lowest BCUT2D eigenvalue weighted by atomic mass is 10.0. The molecule has 2 rings (SSSR count). The lowest BCUT2D eigenvalue weighted by molar-refractivity contribution is -0.112. The van der Waals surface area contributed by atoms with Gasteiger partial charge in [-0.2, -0.15) is 5.26 Å². The number of aromatic nitrogens is 1. The van der Waals surface area contributed by atoms with E-state index in [-0.39, 0.29) is 5.57 Å². The van der Waals surface area contributed by atoms with E-state index in [1.54, 1.807) is 11.6 Å². The van der Waals surface area contributed by atoms with Crippen LogP contribution >= 0.6 is 11.3 Å². The predicted octanol–water partition coefficient (Wildman–Crippen LogP) is 3.72. The fourth-order valence-electron chi connectivity index (χ4n) is 1.73. The van der Waals surface area contributed by atoms with E-state index in [0.29, 0.717) is 16.7 Å². The predicted molar refractivity (Wildman–Crippen MR) is 88.6 cm³/mol. The molecule has 0 saturated heterocycles. The van der Waals surface area contributed by atoms with Crippen LogP contribution in [0.3, 0.4) is 0 Å². The Morgan fingerprint density at radius 1 is 1.36 bits per heavy atom. The van der Waals surface area contributed by atoms with Crippen molar-refractivity contribution >= 4 is 28.1 Å². The molecule has 0 aliphatic heterocycles. The highest BCUT2D eigenvalue weighted by molar-refractivity contribution is 7.13. The number of nitrogens with zero attached hydrogens (tertiary/aromatic N) is 2. The zero-order chi connectivity index (χ0) is 15.9. The van der Waals surface area contributed by atoms with Crippen molar-refractivity contribution in [3.63, 3.8) is 0 Å². The van der Waals surface area contributed by atoms with Crippen molar-refractivity contribution < 1.29 is 4.79 Å². The standard InChI is InChI=1S/C16H16N4OS/c1-11(2)12-3-5-14(6-4-12)20-15(21)13(9-17)10-19-16-18-7-8-22-16/h3-8,10-11H,1-2H3,(H,18,19)(H,20,21)/b13-10-. The largest absolute Gasteiger partial charge is 0.337 e. The Morgan fingerprint density at radius 2 is 2.09 bits per heavy atom. The number of rotatable bonds is 5. The fourth-order valence-corrected chi connectivity index (χ4v) is 2.23. The summed E-state index contributed by atoms with van der Waals surface area (Å²) < 4.78 is 0. The van der Waals surface area contributed by atoms with E-state index in [2.05, 4.69) is 29.5 Å². The van der Waals surface area contributed by atoms with Crippen LogP contribution in [-0.2, 0) is 4.79 Å². The average molecular weight is 312 g/mol. The van der Waals surface area contributed by atoms with Gasteiger partial charge in [-0.1, -0.05) is 26.0 Å². The average Bonchev–Trinajstić information content (AvgIpc) is 3.01. The van der Waals surface area contributed by atoms with Crippen LogP contribution in [0.2, 0.25) is 0 Å². The van der Waals surface area contributed by atoms with Crippen molar-refractivity contribution in [1.29, 1.82) is 5.26 Å². The van der Waals surface area contributed by atoms with Crippen LogP contribution < -0.4 is 10.6 Å². The van der Waals surface area contributed by atoms with Gasteiger partial charge in [-0.25, -0.2) is 4.98 Å². The molecule has 0 radical (unpaired) electrons. The van der Waals surface area contributed by atoms with Gasteiger partial charge in [0.15, 0.2) is 5.13 Å². The van der Waals surface area contributed by atoms with Crippen LogP contribution in [0.1, 0.15) is 25.3 Å². The second-order valence-electron chi connectivity index (χ2n) is 4.88. The van der Waals surface area contributed by atoms with Gasteiger partial charge in [0.25, 0.3) is 5.91 Å². The van der Waals surface area contributed by atoms with E-state index in [1.807, 2.05) is 30.3 Å². The van der Waals surface area contributed by atoms with Crippen LogP contribution in [0.5, 0.6) is 0 Å². The molecule has 1 amide bonds. The zero-order valence-corrected chi connectivity index (χ0v) is 13.1. The lowest BCUT2D eigenvalue weighted by Gasteiger charge is -2.08. The summed E-state index contributed by atoms with van der Waals surface area (Å²) in [6.45, 7) is 4.21. The molecule has 0 aliphatic carbocycles. The van der Waals surface area contributed by atoms with E-state index < -0.39 is 5.91 Å². The van der Waals surface area contributed by atoms with Crippen molar-refractivity contribution in [3.05, 3.63) is 53.2 Å². The van der Waals surface area contributed by atoms with Gasteiger partial charge in [0.05, 0.1) is 0 Å². The quantitative estimate of drug-likeness (QED) is 0.651. The van der Waals surface area contributed by atoms with Crippen LogP contribution in [-0.4, -0.2) is 10.9 Å². The van der Waals surface area contributed by atoms with Crippen molar-refractivity contribution in [2.45, 2.75) is 19.8 Å². The minimum atomic E-state index is -0.455. The molecule has 0 spiro atoms. The molecule has 5 nitrogen and oxygen atoms in total. The van der Waals surface area contributed by atoms with Crippen LogP contribution in [0.4, 0.5) is 10.8 Å². The Labute approximate surface area is 133 Å². The second kappa shape index (κ2) is 7.38. The molecular weight excluding hydrogens is 296 g/mol. The molecule has 0 atom stereocenters. The number of thiazole rings is 1. The molecule has 0 fully saturated rings. The number of carbonyl (C=O) groups excluding carboxylic acids is 1. The summed E-state index contributed by atoms with van der Waals surface area (Å²) in [5, 5.41) is 17.0. The van der Waals surface area contributed by atoms with Crippen molar-refractivity contribution in [2.75, 3.05) is 10.6 Å². The molecule has 112 valence electrons. The van der Waals surface area contributed by atoms with E-state index in [0.717, 1.165) is 0 Å². The van der Waals surface area contributed by atoms with E-state index >= 15 is 0 Å². The van der Waals surface area contributed by atoms with Gasteiger partial charge in [-0.3, -0.25) is 4.79 Å². The second-order valence-corrected chi connectivity index (χ2v) is 5.78. The highest BCUT2D eigenvalue weighted by Crippen LogP contribution is 2.17. The fraction of sp³-hybridized carbons (Fsp3) is 0.188. The molecule has 0 bridgehead atoms. The van der Waals surface area contributed by atoms with Crippen LogP contribution in [0, 0.1) is 11.3 Å².